The average Bonchev–Trinajstić information content (AvgIpc) is 2.25. The summed E-state index contributed by atoms with van der Waals surface area (Å²) in [7, 11) is 0. The second-order valence-corrected chi connectivity index (χ2v) is 4.03. The number of nitrogens with zero attached hydrogens (tertiary/aromatic N) is 1. The molecular formula is C11H7BrF2N2. The lowest BCUT2D eigenvalue weighted by Gasteiger charge is -2.07. The summed E-state index contributed by atoms with van der Waals surface area (Å²) < 4.78 is 27.0. The van der Waals surface area contributed by atoms with Crippen LogP contribution in [0, 0.1) is 11.6 Å². The fourth-order valence-electron chi connectivity index (χ4n) is 1.24. The van der Waals surface area contributed by atoms with Gasteiger partial charge < -0.3 is 5.32 Å². The van der Waals surface area contributed by atoms with Crippen LogP contribution in [-0.2, 0) is 0 Å². The van der Waals surface area contributed by atoms with E-state index in [1.807, 2.05) is 0 Å². The number of halogens is 3. The third-order valence-electron chi connectivity index (χ3n) is 1.94. The quantitative estimate of drug-likeness (QED) is 0.906. The Balaban J connectivity index is 2.31. The van der Waals surface area contributed by atoms with E-state index in [-0.39, 0.29) is 5.69 Å². The third kappa shape index (κ3) is 2.36. The van der Waals surface area contributed by atoms with Gasteiger partial charge in [-0.3, -0.25) is 4.98 Å². The second kappa shape index (κ2) is 4.57. The average molecular weight is 285 g/mol. The predicted octanol–water partition coefficient (Wildman–Crippen LogP) is 3.87. The van der Waals surface area contributed by atoms with Gasteiger partial charge in [-0.2, -0.15) is 0 Å². The van der Waals surface area contributed by atoms with Crippen LogP contribution in [0.5, 0.6) is 0 Å². The van der Waals surface area contributed by atoms with E-state index in [4.69, 9.17) is 0 Å². The van der Waals surface area contributed by atoms with Crippen molar-refractivity contribution in [3.8, 4) is 0 Å². The zero-order chi connectivity index (χ0) is 11.5. The highest BCUT2D eigenvalue weighted by Gasteiger charge is 2.07. The fraction of sp³-hybridized carbons (Fsp3) is 0. The van der Waals surface area contributed by atoms with Gasteiger partial charge in [-0.15, -0.1) is 0 Å². The summed E-state index contributed by atoms with van der Waals surface area (Å²) in [6.07, 6.45) is 3.13. The Bertz CT molecular complexity index is 517. The minimum Gasteiger partial charge on any atom is -0.352 e. The SMILES string of the molecule is Fc1cccc(Nc2cncc(Br)c2)c1F. The van der Waals surface area contributed by atoms with E-state index < -0.39 is 11.6 Å². The molecule has 2 nitrogen and oxygen atoms in total. The molecule has 0 bridgehead atoms. The number of hydrogen-bond acceptors (Lipinski definition) is 2. The third-order valence-corrected chi connectivity index (χ3v) is 2.37. The van der Waals surface area contributed by atoms with Crippen molar-refractivity contribution in [2.75, 3.05) is 5.32 Å². The lowest BCUT2D eigenvalue weighted by Crippen LogP contribution is -1.96. The Hall–Kier alpha value is -1.49. The van der Waals surface area contributed by atoms with Gasteiger partial charge in [-0.25, -0.2) is 8.78 Å². The van der Waals surface area contributed by atoms with Crippen molar-refractivity contribution in [3.63, 3.8) is 0 Å². The first kappa shape index (κ1) is 11.0. The Morgan fingerprint density at radius 3 is 2.75 bits per heavy atom. The largest absolute Gasteiger partial charge is 0.352 e. The lowest BCUT2D eigenvalue weighted by molar-refractivity contribution is 0.512. The summed E-state index contributed by atoms with van der Waals surface area (Å²) in [4.78, 5) is 3.91. The molecule has 5 heteroatoms. The van der Waals surface area contributed by atoms with Crippen molar-refractivity contribution in [2.45, 2.75) is 0 Å². The van der Waals surface area contributed by atoms with Gasteiger partial charge in [0, 0.05) is 10.7 Å². The smallest absolute Gasteiger partial charge is 0.182 e. The van der Waals surface area contributed by atoms with Crippen LogP contribution < -0.4 is 5.32 Å². The van der Waals surface area contributed by atoms with Crippen LogP contribution >= 0.6 is 15.9 Å². The van der Waals surface area contributed by atoms with Gasteiger partial charge in [0.15, 0.2) is 11.6 Å². The first-order chi connectivity index (χ1) is 7.66. The Morgan fingerprint density at radius 2 is 2.00 bits per heavy atom. The number of hydrogen-bond donors (Lipinski definition) is 1. The van der Waals surface area contributed by atoms with E-state index in [9.17, 15) is 8.78 Å². The van der Waals surface area contributed by atoms with Gasteiger partial charge >= 0.3 is 0 Å². The number of anilines is 2. The van der Waals surface area contributed by atoms with Gasteiger partial charge in [0.25, 0.3) is 0 Å². The van der Waals surface area contributed by atoms with Crippen LogP contribution in [0.15, 0.2) is 41.1 Å². The summed E-state index contributed by atoms with van der Waals surface area (Å²) in [5.41, 5.74) is 0.666. The number of aromatic nitrogens is 1. The highest BCUT2D eigenvalue weighted by atomic mass is 79.9. The van der Waals surface area contributed by atoms with Gasteiger partial charge in [-0.1, -0.05) is 6.07 Å². The summed E-state index contributed by atoms with van der Waals surface area (Å²) >= 11 is 3.24. The monoisotopic (exact) mass is 284 g/mol. The molecule has 82 valence electrons. The maximum absolute atomic E-state index is 13.3. The standard InChI is InChI=1S/C11H7BrF2N2/c12-7-4-8(6-15-5-7)16-10-3-1-2-9(13)11(10)14/h1-6,16H. The molecule has 0 amide bonds. The normalized spacial score (nSPS) is 10.2. The van der Waals surface area contributed by atoms with Gasteiger partial charge in [0.05, 0.1) is 17.6 Å². The van der Waals surface area contributed by atoms with Crippen molar-refractivity contribution >= 4 is 27.3 Å². The molecule has 1 aromatic carbocycles. The van der Waals surface area contributed by atoms with Crippen molar-refractivity contribution in [1.29, 1.82) is 0 Å². The van der Waals surface area contributed by atoms with Crippen molar-refractivity contribution in [1.82, 2.24) is 4.98 Å². The molecule has 0 saturated carbocycles. The molecule has 2 rings (SSSR count). The summed E-state index contributed by atoms with van der Waals surface area (Å²) in [5, 5.41) is 2.75. The van der Waals surface area contributed by atoms with Crippen molar-refractivity contribution < 1.29 is 8.78 Å². The van der Waals surface area contributed by atoms with Crippen LogP contribution in [0.1, 0.15) is 0 Å². The molecule has 1 aromatic heterocycles. The van der Waals surface area contributed by atoms with Crippen LogP contribution in [0.4, 0.5) is 20.2 Å². The maximum atomic E-state index is 13.3. The predicted molar refractivity (Wildman–Crippen MR) is 61.6 cm³/mol. The molecule has 0 radical (unpaired) electrons. The molecule has 0 unspecified atom stereocenters. The zero-order valence-electron chi connectivity index (χ0n) is 8.05. The van der Waals surface area contributed by atoms with E-state index in [0.717, 1.165) is 10.5 Å². The molecular weight excluding hydrogens is 278 g/mol. The van der Waals surface area contributed by atoms with Crippen LogP contribution in [0.2, 0.25) is 0 Å². The van der Waals surface area contributed by atoms with Gasteiger partial charge in [-0.05, 0) is 34.1 Å². The molecule has 0 atom stereocenters. The van der Waals surface area contributed by atoms with Crippen LogP contribution in [0.3, 0.4) is 0 Å². The highest BCUT2D eigenvalue weighted by Crippen LogP contribution is 2.22. The van der Waals surface area contributed by atoms with E-state index in [0.29, 0.717) is 5.69 Å². The summed E-state index contributed by atoms with van der Waals surface area (Å²) in [6.45, 7) is 0. The minimum absolute atomic E-state index is 0.0832. The first-order valence-electron chi connectivity index (χ1n) is 4.48. The molecule has 0 saturated heterocycles. The van der Waals surface area contributed by atoms with Crippen molar-refractivity contribution in [3.05, 3.63) is 52.8 Å². The second-order valence-electron chi connectivity index (χ2n) is 3.12. The van der Waals surface area contributed by atoms with E-state index in [1.54, 1.807) is 12.3 Å². The fourth-order valence-corrected chi connectivity index (χ4v) is 1.60. The summed E-state index contributed by atoms with van der Waals surface area (Å²) in [5.74, 6) is -1.78. The molecule has 0 aliphatic rings. The number of nitrogens with one attached hydrogen (secondary N) is 1. The maximum Gasteiger partial charge on any atom is 0.182 e. The number of benzene rings is 1. The summed E-state index contributed by atoms with van der Waals surface area (Å²) in [6, 6.07) is 5.68. The van der Waals surface area contributed by atoms with Crippen molar-refractivity contribution in [2.24, 2.45) is 0 Å². The molecule has 16 heavy (non-hydrogen) atoms. The zero-order valence-corrected chi connectivity index (χ0v) is 9.63. The lowest BCUT2D eigenvalue weighted by atomic mass is 10.3. The molecule has 0 fully saturated rings. The van der Waals surface area contributed by atoms with Crippen LogP contribution in [-0.4, -0.2) is 4.98 Å². The molecule has 1 N–H and O–H groups in total. The van der Waals surface area contributed by atoms with Crippen LogP contribution in [0.25, 0.3) is 0 Å². The van der Waals surface area contributed by atoms with E-state index in [2.05, 4.69) is 26.2 Å². The number of rotatable bonds is 2. The Labute approximate surface area is 99.5 Å². The molecule has 0 aliphatic heterocycles. The molecule has 1 heterocycles. The van der Waals surface area contributed by atoms with E-state index in [1.165, 1.54) is 18.3 Å². The minimum atomic E-state index is -0.900. The topological polar surface area (TPSA) is 24.9 Å². The molecule has 2 aromatic rings. The van der Waals surface area contributed by atoms with E-state index >= 15 is 0 Å². The molecule has 0 aliphatic carbocycles. The number of pyridine rings is 1. The van der Waals surface area contributed by atoms with Gasteiger partial charge in [0.1, 0.15) is 0 Å². The first-order valence-corrected chi connectivity index (χ1v) is 5.28. The Morgan fingerprint density at radius 1 is 1.19 bits per heavy atom. The molecule has 0 spiro atoms. The van der Waals surface area contributed by atoms with Gasteiger partial charge in [0.2, 0.25) is 0 Å². The Kier molecular flexibility index (Phi) is 3.14. The highest BCUT2D eigenvalue weighted by molar-refractivity contribution is 9.10.